The van der Waals surface area contributed by atoms with Crippen LogP contribution in [0, 0.1) is 17.6 Å². The van der Waals surface area contributed by atoms with Crippen LogP contribution in [0.1, 0.15) is 30.0 Å². The molecule has 6 heteroatoms. The van der Waals surface area contributed by atoms with Crippen molar-refractivity contribution in [3.63, 3.8) is 0 Å². The average molecular weight is 451 g/mol. The molecule has 1 N–H and O–H groups in total. The Morgan fingerprint density at radius 3 is 2.00 bits per heavy atom. The van der Waals surface area contributed by atoms with Crippen molar-refractivity contribution in [2.75, 3.05) is 26.2 Å². The number of ether oxygens (including phenoxy) is 1. The van der Waals surface area contributed by atoms with Crippen LogP contribution >= 0.6 is 0 Å². The Labute approximate surface area is 193 Å². The second kappa shape index (κ2) is 11.1. The van der Waals surface area contributed by atoms with E-state index in [0.717, 1.165) is 25.4 Å². The molecule has 3 aromatic rings. The lowest BCUT2D eigenvalue weighted by atomic mass is 9.93. The summed E-state index contributed by atoms with van der Waals surface area (Å²) in [4.78, 5) is 15.4. The lowest BCUT2D eigenvalue weighted by molar-refractivity contribution is -0.127. The number of nitrogens with zero attached hydrogens (tertiary/aromatic N) is 1. The Kier molecular flexibility index (Phi) is 7.68. The number of amides is 1. The zero-order chi connectivity index (χ0) is 23.0. The Balaban J connectivity index is 1.35. The van der Waals surface area contributed by atoms with Gasteiger partial charge in [0.25, 0.3) is 0 Å². The first-order valence-electron chi connectivity index (χ1n) is 11.3. The summed E-state index contributed by atoms with van der Waals surface area (Å²) in [6.07, 6.45) is 1.39. The van der Waals surface area contributed by atoms with Gasteiger partial charge in [-0.25, -0.2) is 8.78 Å². The first-order chi connectivity index (χ1) is 16.1. The first kappa shape index (κ1) is 22.9. The molecule has 0 radical (unpaired) electrons. The summed E-state index contributed by atoms with van der Waals surface area (Å²) in [6.45, 7) is 2.93. The van der Waals surface area contributed by atoms with Crippen LogP contribution in [0.2, 0.25) is 0 Å². The predicted octanol–water partition coefficient (Wildman–Crippen LogP) is 4.96. The SMILES string of the molecule is O=C(NC(c1ccccc1F)c1ccccc1F)C1CCN(CCOc2ccccc2)CC1. The van der Waals surface area contributed by atoms with Gasteiger partial charge in [-0.1, -0.05) is 54.6 Å². The van der Waals surface area contributed by atoms with Crippen LogP contribution in [0.5, 0.6) is 5.75 Å². The van der Waals surface area contributed by atoms with Gasteiger partial charge in [-0.05, 0) is 50.2 Å². The predicted molar refractivity (Wildman–Crippen MR) is 124 cm³/mol. The maximum absolute atomic E-state index is 14.5. The molecule has 1 amide bonds. The van der Waals surface area contributed by atoms with Gasteiger partial charge < -0.3 is 10.1 Å². The molecule has 0 bridgehead atoms. The van der Waals surface area contributed by atoms with Gasteiger partial charge in [0.2, 0.25) is 5.91 Å². The van der Waals surface area contributed by atoms with E-state index < -0.39 is 17.7 Å². The van der Waals surface area contributed by atoms with Crippen molar-refractivity contribution in [3.8, 4) is 5.75 Å². The van der Waals surface area contributed by atoms with E-state index in [1.807, 2.05) is 30.3 Å². The van der Waals surface area contributed by atoms with Crippen LogP contribution in [-0.4, -0.2) is 37.0 Å². The molecule has 1 fully saturated rings. The highest BCUT2D eigenvalue weighted by atomic mass is 19.1. The molecule has 0 aromatic heterocycles. The minimum atomic E-state index is -0.878. The van der Waals surface area contributed by atoms with E-state index in [9.17, 15) is 13.6 Å². The van der Waals surface area contributed by atoms with E-state index in [-0.39, 0.29) is 23.0 Å². The molecule has 0 spiro atoms. The highest BCUT2D eigenvalue weighted by Gasteiger charge is 2.29. The Morgan fingerprint density at radius 1 is 0.879 bits per heavy atom. The molecule has 1 heterocycles. The smallest absolute Gasteiger partial charge is 0.223 e. The summed E-state index contributed by atoms with van der Waals surface area (Å²) >= 11 is 0. The molecule has 1 saturated heterocycles. The lowest BCUT2D eigenvalue weighted by Gasteiger charge is -2.32. The number of para-hydroxylation sites is 1. The number of halogens is 2. The van der Waals surface area contributed by atoms with E-state index in [1.165, 1.54) is 12.1 Å². The standard InChI is InChI=1S/C27H28F2N2O2/c28-24-12-6-4-10-22(24)26(23-11-5-7-13-25(23)29)30-27(32)20-14-16-31(17-15-20)18-19-33-21-8-2-1-3-9-21/h1-13,20,26H,14-19H2,(H,30,32). The number of hydrogen-bond acceptors (Lipinski definition) is 3. The number of rotatable bonds is 8. The van der Waals surface area contributed by atoms with Crippen molar-refractivity contribution in [3.05, 3.63) is 102 Å². The fraction of sp³-hybridized carbons (Fsp3) is 0.296. The Hall–Kier alpha value is -3.25. The van der Waals surface area contributed by atoms with Crippen molar-refractivity contribution >= 4 is 5.91 Å². The van der Waals surface area contributed by atoms with Crippen LogP contribution < -0.4 is 10.1 Å². The topological polar surface area (TPSA) is 41.6 Å². The van der Waals surface area contributed by atoms with Gasteiger partial charge in [0.05, 0.1) is 6.04 Å². The summed E-state index contributed by atoms with van der Waals surface area (Å²) in [5.41, 5.74) is 0.512. The molecule has 0 unspecified atom stereocenters. The summed E-state index contributed by atoms with van der Waals surface area (Å²) in [7, 11) is 0. The van der Waals surface area contributed by atoms with Crippen LogP contribution in [-0.2, 0) is 4.79 Å². The third-order valence-corrected chi connectivity index (χ3v) is 6.10. The van der Waals surface area contributed by atoms with Gasteiger partial charge >= 0.3 is 0 Å². The lowest BCUT2D eigenvalue weighted by Crippen LogP contribution is -2.43. The zero-order valence-corrected chi connectivity index (χ0v) is 18.4. The van der Waals surface area contributed by atoms with Gasteiger partial charge in [0.15, 0.2) is 0 Å². The Bertz CT molecular complexity index is 1010. The molecule has 0 aliphatic carbocycles. The van der Waals surface area contributed by atoms with Crippen LogP contribution in [0.15, 0.2) is 78.9 Å². The van der Waals surface area contributed by atoms with Gasteiger partial charge in [-0.15, -0.1) is 0 Å². The quantitative estimate of drug-likeness (QED) is 0.527. The summed E-state index contributed by atoms with van der Waals surface area (Å²) < 4.78 is 34.9. The largest absolute Gasteiger partial charge is 0.492 e. The van der Waals surface area contributed by atoms with E-state index in [0.29, 0.717) is 19.4 Å². The fourth-order valence-electron chi connectivity index (χ4n) is 4.23. The normalized spacial score (nSPS) is 14.9. The number of hydrogen-bond donors (Lipinski definition) is 1. The van der Waals surface area contributed by atoms with E-state index in [4.69, 9.17) is 4.74 Å². The number of likely N-dealkylation sites (tertiary alicyclic amines) is 1. The maximum atomic E-state index is 14.5. The molecule has 0 saturated carbocycles. The van der Waals surface area contributed by atoms with Gasteiger partial charge in [-0.2, -0.15) is 0 Å². The minimum absolute atomic E-state index is 0.174. The minimum Gasteiger partial charge on any atom is -0.492 e. The van der Waals surface area contributed by atoms with Crippen molar-refractivity contribution < 1.29 is 18.3 Å². The maximum Gasteiger partial charge on any atom is 0.223 e. The van der Waals surface area contributed by atoms with Gasteiger partial charge in [-0.3, -0.25) is 9.69 Å². The van der Waals surface area contributed by atoms with Crippen molar-refractivity contribution in [1.82, 2.24) is 10.2 Å². The summed E-state index contributed by atoms with van der Waals surface area (Å²) in [5.74, 6) is -0.471. The summed E-state index contributed by atoms with van der Waals surface area (Å²) in [5, 5.41) is 2.92. The van der Waals surface area contributed by atoms with Crippen LogP contribution in [0.25, 0.3) is 0 Å². The van der Waals surface area contributed by atoms with Crippen molar-refractivity contribution in [2.45, 2.75) is 18.9 Å². The molecular formula is C27H28F2N2O2. The second-order valence-electron chi connectivity index (χ2n) is 8.26. The van der Waals surface area contributed by atoms with E-state index >= 15 is 0 Å². The average Bonchev–Trinajstić information content (AvgIpc) is 2.85. The van der Waals surface area contributed by atoms with E-state index in [2.05, 4.69) is 10.2 Å². The molecule has 4 nitrogen and oxygen atoms in total. The van der Waals surface area contributed by atoms with Crippen LogP contribution in [0.4, 0.5) is 8.78 Å². The highest BCUT2D eigenvalue weighted by Crippen LogP contribution is 2.28. The van der Waals surface area contributed by atoms with Crippen LogP contribution in [0.3, 0.4) is 0 Å². The molecule has 33 heavy (non-hydrogen) atoms. The number of nitrogens with one attached hydrogen (secondary N) is 1. The monoisotopic (exact) mass is 450 g/mol. The molecule has 1 aliphatic heterocycles. The van der Waals surface area contributed by atoms with Gasteiger partial charge in [0.1, 0.15) is 24.0 Å². The molecular weight excluding hydrogens is 422 g/mol. The third kappa shape index (κ3) is 5.96. The molecule has 1 aliphatic rings. The zero-order valence-electron chi connectivity index (χ0n) is 18.4. The second-order valence-corrected chi connectivity index (χ2v) is 8.26. The molecule has 4 rings (SSSR count). The number of carbonyl (C=O) groups excluding carboxylic acids is 1. The summed E-state index contributed by atoms with van der Waals surface area (Å²) in [6, 6.07) is 21.2. The van der Waals surface area contributed by atoms with E-state index in [1.54, 1.807) is 36.4 Å². The first-order valence-corrected chi connectivity index (χ1v) is 11.3. The fourth-order valence-corrected chi connectivity index (χ4v) is 4.23. The number of benzene rings is 3. The number of piperidine rings is 1. The Morgan fingerprint density at radius 2 is 1.42 bits per heavy atom. The molecule has 172 valence electrons. The van der Waals surface area contributed by atoms with Gasteiger partial charge in [0, 0.05) is 23.6 Å². The number of carbonyl (C=O) groups is 1. The van der Waals surface area contributed by atoms with Crippen molar-refractivity contribution in [2.24, 2.45) is 5.92 Å². The molecule has 0 atom stereocenters. The molecule has 3 aromatic carbocycles. The third-order valence-electron chi connectivity index (χ3n) is 6.10. The van der Waals surface area contributed by atoms with Crippen molar-refractivity contribution in [1.29, 1.82) is 0 Å². The highest BCUT2D eigenvalue weighted by molar-refractivity contribution is 5.79.